The van der Waals surface area contributed by atoms with Crippen LogP contribution in [0.1, 0.15) is 34.6 Å². The second kappa shape index (κ2) is 5.97. The summed E-state index contributed by atoms with van der Waals surface area (Å²) in [7, 11) is 0. The van der Waals surface area contributed by atoms with Crippen molar-refractivity contribution in [1.29, 1.82) is 0 Å². The first-order valence-corrected chi connectivity index (χ1v) is 7.79. The summed E-state index contributed by atoms with van der Waals surface area (Å²) in [6, 6.07) is 12.2. The molecule has 0 unspecified atom stereocenters. The Hall–Kier alpha value is -2.07. The largest absolute Gasteiger partial charge is 0.395 e. The van der Waals surface area contributed by atoms with Crippen LogP contribution in [-0.2, 0) is 0 Å². The van der Waals surface area contributed by atoms with Gasteiger partial charge < -0.3 is 14.6 Å². The second-order valence-corrected chi connectivity index (χ2v) is 5.95. The predicted octanol–water partition coefficient (Wildman–Crippen LogP) is 2.69. The van der Waals surface area contributed by atoms with E-state index in [9.17, 15) is 4.79 Å². The van der Waals surface area contributed by atoms with E-state index >= 15 is 0 Å². The van der Waals surface area contributed by atoms with Crippen molar-refractivity contribution >= 4 is 5.91 Å². The highest BCUT2D eigenvalue weighted by Gasteiger charge is 2.32. The summed E-state index contributed by atoms with van der Waals surface area (Å²) >= 11 is 0. The molecule has 0 spiro atoms. The fraction of sp³-hybridized carbons (Fsp3) is 0.389. The summed E-state index contributed by atoms with van der Waals surface area (Å²) in [5.74, 6) is 0.0176. The molecule has 4 nitrogen and oxygen atoms in total. The molecule has 1 amide bonds. The Kier molecular flexibility index (Phi) is 4.03. The van der Waals surface area contributed by atoms with Gasteiger partial charge in [-0.25, -0.2) is 0 Å². The number of amides is 1. The highest BCUT2D eigenvalue weighted by Crippen LogP contribution is 2.28. The number of nitrogens with zero attached hydrogens (tertiary/aromatic N) is 2. The summed E-state index contributed by atoms with van der Waals surface area (Å²) in [6.07, 6.45) is 2.09. The van der Waals surface area contributed by atoms with Gasteiger partial charge in [-0.1, -0.05) is 0 Å². The third-order valence-electron chi connectivity index (χ3n) is 4.23. The Morgan fingerprint density at radius 2 is 1.73 bits per heavy atom. The molecule has 1 saturated carbocycles. The summed E-state index contributed by atoms with van der Waals surface area (Å²) in [5.41, 5.74) is 4.11. The molecule has 0 radical (unpaired) electrons. The first kappa shape index (κ1) is 14.9. The molecule has 4 heteroatoms. The van der Waals surface area contributed by atoms with Crippen LogP contribution in [0, 0.1) is 13.8 Å². The van der Waals surface area contributed by atoms with Crippen molar-refractivity contribution in [1.82, 2.24) is 9.47 Å². The fourth-order valence-electron chi connectivity index (χ4n) is 2.94. The van der Waals surface area contributed by atoms with E-state index in [4.69, 9.17) is 5.11 Å². The van der Waals surface area contributed by atoms with Gasteiger partial charge in [-0.05, 0) is 63.1 Å². The number of aliphatic hydroxyl groups is 1. The lowest BCUT2D eigenvalue weighted by atomic mass is 10.1. The van der Waals surface area contributed by atoms with Crippen LogP contribution < -0.4 is 0 Å². The normalized spacial score (nSPS) is 14.1. The zero-order valence-electron chi connectivity index (χ0n) is 13.1. The number of carbonyl (C=O) groups excluding carboxylic acids is 1. The number of hydrogen-bond donors (Lipinski definition) is 1. The average Bonchev–Trinajstić information content (AvgIpc) is 3.30. The van der Waals surface area contributed by atoms with Gasteiger partial charge >= 0.3 is 0 Å². The minimum atomic E-state index is 0.0160. The Morgan fingerprint density at radius 1 is 1.14 bits per heavy atom. The van der Waals surface area contributed by atoms with E-state index in [0.717, 1.165) is 18.5 Å². The Labute approximate surface area is 131 Å². The highest BCUT2D eigenvalue weighted by molar-refractivity contribution is 5.94. The average molecular weight is 298 g/mol. The number of aromatic nitrogens is 1. The molecule has 1 fully saturated rings. The van der Waals surface area contributed by atoms with Crippen molar-refractivity contribution in [3.8, 4) is 5.69 Å². The van der Waals surface area contributed by atoms with Crippen LogP contribution >= 0.6 is 0 Å². The quantitative estimate of drug-likeness (QED) is 0.922. The van der Waals surface area contributed by atoms with E-state index in [-0.39, 0.29) is 12.5 Å². The fourth-order valence-corrected chi connectivity index (χ4v) is 2.94. The van der Waals surface area contributed by atoms with Gasteiger partial charge in [0.05, 0.1) is 6.61 Å². The second-order valence-electron chi connectivity index (χ2n) is 5.95. The lowest BCUT2D eigenvalue weighted by Gasteiger charge is -2.21. The smallest absolute Gasteiger partial charge is 0.254 e. The molecular formula is C18H22N2O2. The SMILES string of the molecule is Cc1ccc(C)n1-c1ccc(C(=O)N(CCO)C2CC2)cc1. The van der Waals surface area contributed by atoms with Gasteiger partial charge in [0.15, 0.2) is 0 Å². The maximum absolute atomic E-state index is 12.6. The third-order valence-corrected chi connectivity index (χ3v) is 4.23. The molecule has 1 heterocycles. The van der Waals surface area contributed by atoms with Crippen LogP contribution in [0.5, 0.6) is 0 Å². The summed E-state index contributed by atoms with van der Waals surface area (Å²) in [6.45, 7) is 4.58. The van der Waals surface area contributed by atoms with Crippen LogP contribution in [0.4, 0.5) is 0 Å². The number of carbonyl (C=O) groups is 1. The molecule has 0 aliphatic heterocycles. The topological polar surface area (TPSA) is 45.5 Å². The molecule has 1 aromatic heterocycles. The zero-order valence-corrected chi connectivity index (χ0v) is 13.1. The molecule has 0 bridgehead atoms. The van der Waals surface area contributed by atoms with Crippen molar-refractivity contribution in [2.75, 3.05) is 13.2 Å². The standard InChI is InChI=1S/C18H22N2O2/c1-13-3-4-14(2)20(13)17-7-5-15(6-8-17)18(22)19(11-12-21)16-9-10-16/h3-8,16,21H,9-12H2,1-2H3. The third kappa shape index (κ3) is 2.79. The monoisotopic (exact) mass is 298 g/mol. The minimum Gasteiger partial charge on any atom is -0.395 e. The van der Waals surface area contributed by atoms with Crippen molar-refractivity contribution in [2.24, 2.45) is 0 Å². The number of aliphatic hydroxyl groups excluding tert-OH is 1. The van der Waals surface area contributed by atoms with Crippen LogP contribution in [0.3, 0.4) is 0 Å². The molecule has 1 N–H and O–H groups in total. The first-order chi connectivity index (χ1) is 10.6. The van der Waals surface area contributed by atoms with Crippen LogP contribution in [0.15, 0.2) is 36.4 Å². The summed E-state index contributed by atoms with van der Waals surface area (Å²) in [5, 5.41) is 9.14. The van der Waals surface area contributed by atoms with Gasteiger partial charge in [-0.3, -0.25) is 4.79 Å². The lowest BCUT2D eigenvalue weighted by Crippen LogP contribution is -2.35. The number of benzene rings is 1. The van der Waals surface area contributed by atoms with E-state index in [1.807, 2.05) is 24.3 Å². The van der Waals surface area contributed by atoms with Gasteiger partial charge in [0, 0.05) is 35.2 Å². The Bertz CT molecular complexity index is 649. The number of rotatable bonds is 5. The zero-order chi connectivity index (χ0) is 15.7. The molecular weight excluding hydrogens is 276 g/mol. The van der Waals surface area contributed by atoms with Gasteiger partial charge in [0.2, 0.25) is 0 Å². The minimum absolute atomic E-state index is 0.0160. The molecule has 22 heavy (non-hydrogen) atoms. The van der Waals surface area contributed by atoms with Crippen molar-refractivity contribution in [3.63, 3.8) is 0 Å². The highest BCUT2D eigenvalue weighted by atomic mass is 16.3. The molecule has 1 aliphatic rings. The maximum atomic E-state index is 12.6. The summed E-state index contributed by atoms with van der Waals surface area (Å²) in [4.78, 5) is 14.3. The van der Waals surface area contributed by atoms with Gasteiger partial charge in [0.25, 0.3) is 5.91 Å². The molecule has 116 valence electrons. The maximum Gasteiger partial charge on any atom is 0.254 e. The Balaban J connectivity index is 1.83. The molecule has 1 aromatic carbocycles. The first-order valence-electron chi connectivity index (χ1n) is 7.79. The van der Waals surface area contributed by atoms with Crippen LogP contribution in [0.25, 0.3) is 5.69 Å². The van der Waals surface area contributed by atoms with Crippen molar-refractivity contribution in [2.45, 2.75) is 32.7 Å². The molecule has 0 saturated heterocycles. The van der Waals surface area contributed by atoms with Crippen LogP contribution in [-0.4, -0.2) is 39.7 Å². The van der Waals surface area contributed by atoms with Gasteiger partial charge in [-0.15, -0.1) is 0 Å². The molecule has 3 rings (SSSR count). The molecule has 1 aliphatic carbocycles. The van der Waals surface area contributed by atoms with E-state index in [1.165, 1.54) is 11.4 Å². The van der Waals surface area contributed by atoms with E-state index < -0.39 is 0 Å². The lowest BCUT2D eigenvalue weighted by molar-refractivity contribution is 0.0707. The van der Waals surface area contributed by atoms with Crippen molar-refractivity contribution in [3.05, 3.63) is 53.3 Å². The molecule has 0 atom stereocenters. The van der Waals surface area contributed by atoms with Crippen molar-refractivity contribution < 1.29 is 9.90 Å². The predicted molar refractivity (Wildman–Crippen MR) is 86.4 cm³/mol. The number of aryl methyl sites for hydroxylation is 2. The van der Waals surface area contributed by atoms with Crippen LogP contribution in [0.2, 0.25) is 0 Å². The van der Waals surface area contributed by atoms with Gasteiger partial charge in [0.1, 0.15) is 0 Å². The van der Waals surface area contributed by atoms with Gasteiger partial charge in [-0.2, -0.15) is 0 Å². The Morgan fingerprint density at radius 3 is 2.23 bits per heavy atom. The number of hydrogen-bond acceptors (Lipinski definition) is 2. The van der Waals surface area contributed by atoms with E-state index in [1.54, 1.807) is 4.90 Å². The molecule has 2 aromatic rings. The van der Waals surface area contributed by atoms with E-state index in [0.29, 0.717) is 18.2 Å². The summed E-state index contributed by atoms with van der Waals surface area (Å²) < 4.78 is 2.17. The van der Waals surface area contributed by atoms with E-state index in [2.05, 4.69) is 30.5 Å².